The van der Waals surface area contributed by atoms with E-state index in [0.717, 1.165) is 28.8 Å². The fraction of sp³-hybridized carbons (Fsp3) is 0.471. The van der Waals surface area contributed by atoms with E-state index < -0.39 is 5.56 Å². The van der Waals surface area contributed by atoms with Gasteiger partial charge in [-0.15, -0.1) is 11.3 Å². The van der Waals surface area contributed by atoms with Crippen molar-refractivity contribution in [3.8, 4) is 10.6 Å². The fourth-order valence-electron chi connectivity index (χ4n) is 3.13. The first-order valence-electron chi connectivity index (χ1n) is 8.25. The molecule has 0 aromatic carbocycles. The molecule has 3 rings (SSSR count). The highest BCUT2D eigenvalue weighted by molar-refractivity contribution is 7.13. The Balaban J connectivity index is 1.76. The predicted octanol–water partition coefficient (Wildman–Crippen LogP) is 2.25. The number of hydrogen-bond donors (Lipinski definition) is 2. The van der Waals surface area contributed by atoms with Crippen LogP contribution in [0.15, 0.2) is 28.4 Å². The first-order valence-corrected chi connectivity index (χ1v) is 9.13. The van der Waals surface area contributed by atoms with Crippen LogP contribution in [0.5, 0.6) is 0 Å². The number of nitrogen functional groups attached to an aromatic ring is 1. The average Bonchev–Trinajstić information content (AvgIpc) is 3.08. The number of amides is 1. The van der Waals surface area contributed by atoms with Gasteiger partial charge in [0, 0.05) is 6.04 Å². The number of nitrogens with zero attached hydrogens (tertiary/aromatic N) is 2. The third kappa shape index (κ3) is 3.67. The average molecular weight is 346 g/mol. The van der Waals surface area contributed by atoms with Crippen LogP contribution in [0.2, 0.25) is 0 Å². The van der Waals surface area contributed by atoms with Gasteiger partial charge in [-0.25, -0.2) is 4.68 Å². The molecule has 24 heavy (non-hydrogen) atoms. The Hall–Kier alpha value is -2.15. The summed E-state index contributed by atoms with van der Waals surface area (Å²) in [5, 5.41) is 9.27. The number of rotatable bonds is 4. The fourth-order valence-corrected chi connectivity index (χ4v) is 3.81. The van der Waals surface area contributed by atoms with Crippen molar-refractivity contribution in [3.63, 3.8) is 0 Å². The van der Waals surface area contributed by atoms with E-state index in [0.29, 0.717) is 11.6 Å². The molecule has 2 heterocycles. The van der Waals surface area contributed by atoms with Crippen molar-refractivity contribution >= 4 is 22.9 Å². The van der Waals surface area contributed by atoms with Gasteiger partial charge >= 0.3 is 0 Å². The first-order chi connectivity index (χ1) is 11.5. The normalized spacial score (nSPS) is 20.7. The van der Waals surface area contributed by atoms with Gasteiger partial charge in [-0.05, 0) is 36.3 Å². The number of carbonyl (C=O) groups excluding carboxylic acids is 1. The number of hydrogen-bond acceptors (Lipinski definition) is 5. The lowest BCUT2D eigenvalue weighted by Crippen LogP contribution is -2.44. The minimum Gasteiger partial charge on any atom is -0.394 e. The molecule has 128 valence electrons. The van der Waals surface area contributed by atoms with Crippen molar-refractivity contribution in [2.75, 3.05) is 5.73 Å². The van der Waals surface area contributed by atoms with Crippen molar-refractivity contribution in [1.29, 1.82) is 0 Å². The monoisotopic (exact) mass is 346 g/mol. The molecule has 2 atom stereocenters. The van der Waals surface area contributed by atoms with Gasteiger partial charge in [0.15, 0.2) is 0 Å². The summed E-state index contributed by atoms with van der Waals surface area (Å²) >= 11 is 1.51. The van der Waals surface area contributed by atoms with Crippen LogP contribution in [0.1, 0.15) is 32.6 Å². The zero-order valence-corrected chi connectivity index (χ0v) is 14.5. The van der Waals surface area contributed by atoms with Crippen LogP contribution in [0, 0.1) is 5.92 Å². The number of nitrogens with one attached hydrogen (secondary N) is 1. The summed E-state index contributed by atoms with van der Waals surface area (Å²) in [5.41, 5.74) is 6.10. The topological polar surface area (TPSA) is 90.0 Å². The molecule has 0 aliphatic heterocycles. The number of nitrogens with two attached hydrogens (primary N) is 1. The SMILES string of the molecule is C[C@@H]1CCCC[C@H]1NC(=O)Cn1nc(-c2cccs2)cc(N)c1=O. The standard InChI is InChI=1S/C17H22N4O2S/c1-11-5-2-3-6-13(11)19-16(22)10-21-17(23)12(18)9-14(20-21)15-7-4-8-24-15/h4,7-9,11,13H,2-3,5-6,10,18H2,1H3,(H,19,22)/t11-,13-/m1/s1. The highest BCUT2D eigenvalue weighted by atomic mass is 32.1. The van der Waals surface area contributed by atoms with Gasteiger partial charge in [-0.1, -0.05) is 25.8 Å². The molecule has 0 spiro atoms. The Morgan fingerprint density at radius 1 is 1.46 bits per heavy atom. The maximum atomic E-state index is 12.3. The summed E-state index contributed by atoms with van der Waals surface area (Å²) in [6, 6.07) is 5.56. The predicted molar refractivity (Wildman–Crippen MR) is 95.8 cm³/mol. The van der Waals surface area contributed by atoms with E-state index in [-0.39, 0.29) is 24.2 Å². The number of aromatic nitrogens is 2. The minimum absolute atomic E-state index is 0.104. The summed E-state index contributed by atoms with van der Waals surface area (Å²) in [5.74, 6) is 0.279. The molecule has 6 nitrogen and oxygen atoms in total. The molecular formula is C17H22N4O2S. The van der Waals surface area contributed by atoms with Crippen LogP contribution in [0.3, 0.4) is 0 Å². The van der Waals surface area contributed by atoms with Crippen molar-refractivity contribution in [3.05, 3.63) is 33.9 Å². The lowest BCUT2D eigenvalue weighted by atomic mass is 9.86. The number of thiophene rings is 1. The van der Waals surface area contributed by atoms with E-state index >= 15 is 0 Å². The Bertz CT molecular complexity index is 769. The molecule has 1 aliphatic carbocycles. The molecule has 2 aromatic rings. The third-order valence-corrected chi connectivity index (χ3v) is 5.42. The zero-order chi connectivity index (χ0) is 17.1. The van der Waals surface area contributed by atoms with Crippen LogP contribution in [0.4, 0.5) is 5.69 Å². The lowest BCUT2D eigenvalue weighted by molar-refractivity contribution is -0.123. The van der Waals surface area contributed by atoms with Gasteiger partial charge in [0.2, 0.25) is 5.91 Å². The van der Waals surface area contributed by atoms with Crippen LogP contribution >= 0.6 is 11.3 Å². The van der Waals surface area contributed by atoms with Crippen LogP contribution in [0.25, 0.3) is 10.6 Å². The van der Waals surface area contributed by atoms with E-state index in [1.807, 2.05) is 17.5 Å². The summed E-state index contributed by atoms with van der Waals surface area (Å²) in [6.45, 7) is 2.05. The number of anilines is 1. The molecule has 2 aromatic heterocycles. The minimum atomic E-state index is -0.429. The van der Waals surface area contributed by atoms with E-state index in [1.54, 1.807) is 6.07 Å². The third-order valence-electron chi connectivity index (χ3n) is 4.53. The highest BCUT2D eigenvalue weighted by Crippen LogP contribution is 2.24. The van der Waals surface area contributed by atoms with Gasteiger partial charge < -0.3 is 11.1 Å². The second kappa shape index (κ2) is 7.17. The Labute approximate surface area is 144 Å². The molecule has 0 bridgehead atoms. The van der Waals surface area contributed by atoms with Crippen molar-refractivity contribution in [2.24, 2.45) is 5.92 Å². The van der Waals surface area contributed by atoms with Gasteiger partial charge in [-0.3, -0.25) is 9.59 Å². The van der Waals surface area contributed by atoms with Crippen LogP contribution in [-0.4, -0.2) is 21.7 Å². The van der Waals surface area contributed by atoms with Gasteiger partial charge in [0.25, 0.3) is 5.56 Å². The molecule has 7 heteroatoms. The van der Waals surface area contributed by atoms with Gasteiger partial charge in [0.05, 0.1) is 4.88 Å². The smallest absolute Gasteiger partial charge is 0.290 e. The van der Waals surface area contributed by atoms with Crippen LogP contribution < -0.4 is 16.6 Å². The van der Waals surface area contributed by atoms with Crippen LogP contribution in [-0.2, 0) is 11.3 Å². The van der Waals surface area contributed by atoms with E-state index in [9.17, 15) is 9.59 Å². The summed E-state index contributed by atoms with van der Waals surface area (Å²) < 4.78 is 1.16. The van der Waals surface area contributed by atoms with Crippen molar-refractivity contribution in [2.45, 2.75) is 45.2 Å². The molecule has 1 fully saturated rings. The first kappa shape index (κ1) is 16.7. The van der Waals surface area contributed by atoms with E-state index in [2.05, 4.69) is 17.3 Å². The highest BCUT2D eigenvalue weighted by Gasteiger charge is 2.23. The Kier molecular flexibility index (Phi) is 4.99. The van der Waals surface area contributed by atoms with Crippen molar-refractivity contribution in [1.82, 2.24) is 15.1 Å². The summed E-state index contributed by atoms with van der Waals surface area (Å²) in [6.07, 6.45) is 4.47. The maximum absolute atomic E-state index is 12.3. The van der Waals surface area contributed by atoms with E-state index in [4.69, 9.17) is 5.73 Å². The Morgan fingerprint density at radius 2 is 2.25 bits per heavy atom. The largest absolute Gasteiger partial charge is 0.394 e. The molecule has 0 radical (unpaired) electrons. The quantitative estimate of drug-likeness (QED) is 0.888. The molecule has 0 unspecified atom stereocenters. The Morgan fingerprint density at radius 3 is 2.96 bits per heavy atom. The second-order valence-corrected chi connectivity index (χ2v) is 7.31. The number of carbonyl (C=O) groups is 1. The van der Waals surface area contributed by atoms with Crippen molar-refractivity contribution < 1.29 is 4.79 Å². The second-order valence-electron chi connectivity index (χ2n) is 6.36. The molecule has 1 saturated carbocycles. The summed E-state index contributed by atoms with van der Waals surface area (Å²) in [7, 11) is 0. The molecule has 1 amide bonds. The van der Waals surface area contributed by atoms with Gasteiger partial charge in [0.1, 0.15) is 17.9 Å². The molecular weight excluding hydrogens is 324 g/mol. The molecule has 0 saturated heterocycles. The maximum Gasteiger partial charge on any atom is 0.290 e. The summed E-state index contributed by atoms with van der Waals surface area (Å²) in [4.78, 5) is 25.4. The molecule has 3 N–H and O–H groups in total. The van der Waals surface area contributed by atoms with E-state index in [1.165, 1.54) is 17.8 Å². The zero-order valence-electron chi connectivity index (χ0n) is 13.7. The van der Waals surface area contributed by atoms with Gasteiger partial charge in [-0.2, -0.15) is 5.10 Å². The molecule has 1 aliphatic rings. The lowest BCUT2D eigenvalue weighted by Gasteiger charge is -2.29.